The molecule has 0 saturated heterocycles. The zero-order valence-electron chi connectivity index (χ0n) is 16.5. The molecule has 8 heteroatoms. The van der Waals surface area contributed by atoms with Gasteiger partial charge < -0.3 is 19.1 Å². The van der Waals surface area contributed by atoms with Crippen LogP contribution in [0.1, 0.15) is 17.3 Å². The number of nitrogens with zero attached hydrogens (tertiary/aromatic N) is 1. The topological polar surface area (TPSA) is 82.1 Å². The highest BCUT2D eigenvalue weighted by Crippen LogP contribution is 2.29. The first-order chi connectivity index (χ1) is 13.9. The molecule has 0 spiro atoms. The SMILES string of the molecule is CCOc1ccc(N(C(=O)c2cc(OC)cc(OC)c2)[C@@H]2C=CS(=O)(=O)C2)cc1. The maximum absolute atomic E-state index is 13.4. The van der Waals surface area contributed by atoms with Gasteiger partial charge in [-0.25, -0.2) is 8.42 Å². The largest absolute Gasteiger partial charge is 0.497 e. The second kappa shape index (κ2) is 8.57. The van der Waals surface area contributed by atoms with Crippen LogP contribution in [-0.4, -0.2) is 46.9 Å². The van der Waals surface area contributed by atoms with Crippen molar-refractivity contribution in [3.8, 4) is 17.2 Å². The smallest absolute Gasteiger partial charge is 0.259 e. The van der Waals surface area contributed by atoms with Gasteiger partial charge in [-0.3, -0.25) is 4.79 Å². The van der Waals surface area contributed by atoms with Gasteiger partial charge in [0.15, 0.2) is 9.84 Å². The fourth-order valence-corrected chi connectivity index (χ4v) is 4.39. The molecule has 1 aliphatic rings. The van der Waals surface area contributed by atoms with Gasteiger partial charge in [-0.1, -0.05) is 0 Å². The third-order valence-corrected chi connectivity index (χ3v) is 5.86. The van der Waals surface area contributed by atoms with Gasteiger partial charge in [-0.15, -0.1) is 0 Å². The van der Waals surface area contributed by atoms with Crippen LogP contribution in [0.25, 0.3) is 0 Å². The van der Waals surface area contributed by atoms with Crippen LogP contribution in [0.15, 0.2) is 53.9 Å². The number of carbonyl (C=O) groups excluding carboxylic acids is 1. The molecule has 0 N–H and O–H groups in total. The molecule has 1 heterocycles. The number of benzene rings is 2. The van der Waals surface area contributed by atoms with Crippen LogP contribution in [0.4, 0.5) is 5.69 Å². The molecular formula is C21H23NO6S. The lowest BCUT2D eigenvalue weighted by Gasteiger charge is -2.28. The molecule has 1 atom stereocenters. The molecule has 2 aromatic carbocycles. The Kier molecular flexibility index (Phi) is 6.12. The quantitative estimate of drug-likeness (QED) is 0.689. The zero-order chi connectivity index (χ0) is 21.0. The van der Waals surface area contributed by atoms with E-state index in [0.717, 1.165) is 5.41 Å². The second-order valence-electron chi connectivity index (χ2n) is 6.43. The summed E-state index contributed by atoms with van der Waals surface area (Å²) in [4.78, 5) is 14.9. The molecule has 7 nitrogen and oxygen atoms in total. The van der Waals surface area contributed by atoms with E-state index < -0.39 is 15.9 Å². The summed E-state index contributed by atoms with van der Waals surface area (Å²) in [5, 5.41) is 1.15. The van der Waals surface area contributed by atoms with Gasteiger partial charge in [-0.2, -0.15) is 0 Å². The van der Waals surface area contributed by atoms with Crippen molar-refractivity contribution in [1.82, 2.24) is 0 Å². The van der Waals surface area contributed by atoms with Crippen LogP contribution in [0.3, 0.4) is 0 Å². The zero-order valence-corrected chi connectivity index (χ0v) is 17.3. The molecule has 0 aromatic heterocycles. The Morgan fingerprint density at radius 1 is 1.03 bits per heavy atom. The predicted octanol–water partition coefficient (Wildman–Crippen LogP) is 3.06. The maximum atomic E-state index is 13.4. The van der Waals surface area contributed by atoms with Crippen LogP contribution in [-0.2, 0) is 9.84 Å². The standard InChI is InChI=1S/C21H23NO6S/c1-4-28-18-7-5-16(6-8-18)22(17-9-10-29(24,25)14-17)21(23)15-11-19(26-2)13-20(12-15)27-3/h5-13,17H,4,14H2,1-3H3/t17-/m1/s1. The number of ether oxygens (including phenoxy) is 3. The average Bonchev–Trinajstić information content (AvgIpc) is 3.08. The van der Waals surface area contributed by atoms with Gasteiger partial charge in [0.25, 0.3) is 5.91 Å². The lowest BCUT2D eigenvalue weighted by Crippen LogP contribution is -2.41. The van der Waals surface area contributed by atoms with Crippen molar-refractivity contribution in [2.45, 2.75) is 13.0 Å². The number of anilines is 1. The molecule has 2 aromatic rings. The van der Waals surface area contributed by atoms with Gasteiger partial charge in [0, 0.05) is 22.7 Å². The van der Waals surface area contributed by atoms with Crippen molar-refractivity contribution in [3.63, 3.8) is 0 Å². The number of sulfone groups is 1. The Labute approximate surface area is 170 Å². The Hall–Kier alpha value is -3.00. The van der Waals surface area contributed by atoms with E-state index in [0.29, 0.717) is 35.1 Å². The minimum absolute atomic E-state index is 0.174. The molecule has 0 unspecified atom stereocenters. The lowest BCUT2D eigenvalue weighted by molar-refractivity contribution is 0.0982. The van der Waals surface area contributed by atoms with E-state index in [2.05, 4.69) is 0 Å². The molecule has 0 aliphatic carbocycles. The van der Waals surface area contributed by atoms with E-state index in [4.69, 9.17) is 14.2 Å². The summed E-state index contributed by atoms with van der Waals surface area (Å²) in [6, 6.07) is 11.2. The molecule has 0 saturated carbocycles. The van der Waals surface area contributed by atoms with Crippen LogP contribution in [0.5, 0.6) is 17.2 Å². The van der Waals surface area contributed by atoms with Gasteiger partial charge in [0.1, 0.15) is 17.2 Å². The number of hydrogen-bond donors (Lipinski definition) is 0. The Balaban J connectivity index is 2.03. The van der Waals surface area contributed by atoms with Crippen molar-refractivity contribution in [2.75, 3.05) is 31.5 Å². The van der Waals surface area contributed by atoms with Gasteiger partial charge in [0.05, 0.1) is 32.6 Å². The molecular weight excluding hydrogens is 394 g/mol. The van der Waals surface area contributed by atoms with Crippen molar-refractivity contribution < 1.29 is 27.4 Å². The monoisotopic (exact) mass is 417 g/mol. The summed E-state index contributed by atoms with van der Waals surface area (Å²) in [6.07, 6.45) is 1.53. The third kappa shape index (κ3) is 4.71. The van der Waals surface area contributed by atoms with Crippen LogP contribution >= 0.6 is 0 Å². The molecule has 0 radical (unpaired) electrons. The van der Waals surface area contributed by atoms with Crippen molar-refractivity contribution in [1.29, 1.82) is 0 Å². The summed E-state index contributed by atoms with van der Waals surface area (Å²) < 4.78 is 40.0. The van der Waals surface area contributed by atoms with E-state index in [-0.39, 0.29) is 11.7 Å². The highest BCUT2D eigenvalue weighted by atomic mass is 32.2. The molecule has 154 valence electrons. The number of carbonyl (C=O) groups is 1. The fraction of sp³-hybridized carbons (Fsp3) is 0.286. The fourth-order valence-electron chi connectivity index (χ4n) is 3.12. The predicted molar refractivity (Wildman–Crippen MR) is 111 cm³/mol. The van der Waals surface area contributed by atoms with Gasteiger partial charge >= 0.3 is 0 Å². The van der Waals surface area contributed by atoms with Crippen molar-refractivity contribution in [2.24, 2.45) is 0 Å². The Morgan fingerprint density at radius 3 is 2.14 bits per heavy atom. The van der Waals surface area contributed by atoms with E-state index in [1.165, 1.54) is 25.2 Å². The number of rotatable bonds is 7. The molecule has 1 amide bonds. The van der Waals surface area contributed by atoms with E-state index in [1.54, 1.807) is 42.5 Å². The minimum atomic E-state index is -3.36. The van der Waals surface area contributed by atoms with E-state index >= 15 is 0 Å². The number of hydrogen-bond acceptors (Lipinski definition) is 6. The average molecular weight is 417 g/mol. The third-order valence-electron chi connectivity index (χ3n) is 4.49. The van der Waals surface area contributed by atoms with E-state index in [9.17, 15) is 13.2 Å². The van der Waals surface area contributed by atoms with Crippen LogP contribution in [0.2, 0.25) is 0 Å². The maximum Gasteiger partial charge on any atom is 0.259 e. The van der Waals surface area contributed by atoms with Crippen LogP contribution < -0.4 is 19.1 Å². The first-order valence-corrected chi connectivity index (χ1v) is 10.8. The van der Waals surface area contributed by atoms with Crippen LogP contribution in [0, 0.1) is 0 Å². The molecule has 0 bridgehead atoms. The summed E-state index contributed by atoms with van der Waals surface area (Å²) >= 11 is 0. The Bertz CT molecular complexity index is 992. The van der Waals surface area contributed by atoms with Gasteiger partial charge in [0.2, 0.25) is 0 Å². The molecule has 1 aliphatic heterocycles. The molecule has 3 rings (SSSR count). The summed E-state index contributed by atoms with van der Waals surface area (Å²) in [6.45, 7) is 2.41. The van der Waals surface area contributed by atoms with Crippen molar-refractivity contribution in [3.05, 3.63) is 59.5 Å². The Morgan fingerprint density at radius 2 is 1.66 bits per heavy atom. The summed E-state index contributed by atoms with van der Waals surface area (Å²) in [7, 11) is -0.356. The number of amides is 1. The first-order valence-electron chi connectivity index (χ1n) is 9.07. The highest BCUT2D eigenvalue weighted by Gasteiger charge is 2.32. The van der Waals surface area contributed by atoms with Crippen molar-refractivity contribution >= 4 is 21.4 Å². The normalized spacial score (nSPS) is 17.0. The van der Waals surface area contributed by atoms with E-state index in [1.807, 2.05) is 6.92 Å². The van der Waals surface area contributed by atoms with Gasteiger partial charge in [-0.05, 0) is 49.4 Å². The first kappa shape index (κ1) is 20.7. The molecule has 0 fully saturated rings. The summed E-state index contributed by atoms with van der Waals surface area (Å²) in [5.74, 6) is 1.06. The molecule has 29 heavy (non-hydrogen) atoms. The summed E-state index contributed by atoms with van der Waals surface area (Å²) in [5.41, 5.74) is 0.889. The lowest BCUT2D eigenvalue weighted by atomic mass is 10.1. The number of methoxy groups -OCH3 is 2. The second-order valence-corrected chi connectivity index (χ2v) is 8.36. The minimum Gasteiger partial charge on any atom is -0.497 e. The highest BCUT2D eigenvalue weighted by molar-refractivity contribution is 7.94.